The van der Waals surface area contributed by atoms with E-state index in [2.05, 4.69) is 79.7 Å². The number of likely N-dealkylation sites (tertiary alicyclic amines) is 1. The number of nitrogens with zero attached hydrogens (tertiary/aromatic N) is 2. The number of allylic oxidation sites excluding steroid dienone is 1. The Kier molecular flexibility index (Phi) is 6.63. The van der Waals surface area contributed by atoms with Crippen molar-refractivity contribution in [2.45, 2.75) is 47.0 Å². The molecule has 1 amide bonds. The molecule has 1 saturated heterocycles. The first-order valence-electron chi connectivity index (χ1n) is 11.4. The standard InChI is InChI=1S/C26H34N3OS/c1-18-5-7-21(8-6-18)23-17-31-25(27-23)28-24(30)15-19-11-13-29(14-12-19)16-22(20-9-10-20)26(2,3)4/h5-10,17,19,22H,11-16H2,1-4H3,(H,27,28,30). The lowest BCUT2D eigenvalue weighted by molar-refractivity contribution is -0.117. The number of piperidine rings is 1. The summed E-state index contributed by atoms with van der Waals surface area (Å²) < 4.78 is 0. The fourth-order valence-electron chi connectivity index (χ4n) is 4.41. The number of aromatic nitrogens is 1. The van der Waals surface area contributed by atoms with Crippen LogP contribution in [0.4, 0.5) is 5.13 Å². The van der Waals surface area contributed by atoms with E-state index in [1.54, 1.807) is 0 Å². The Morgan fingerprint density at radius 2 is 1.90 bits per heavy atom. The highest BCUT2D eigenvalue weighted by molar-refractivity contribution is 7.14. The fraction of sp³-hybridized carbons (Fsp3) is 0.500. The number of anilines is 1. The molecule has 1 aliphatic carbocycles. The lowest BCUT2D eigenvalue weighted by Gasteiger charge is -2.38. The van der Waals surface area contributed by atoms with Crippen molar-refractivity contribution < 1.29 is 4.79 Å². The number of hydrogen-bond donors (Lipinski definition) is 1. The number of benzene rings is 1. The third-order valence-corrected chi connectivity index (χ3v) is 7.28. The van der Waals surface area contributed by atoms with E-state index in [0.717, 1.165) is 43.7 Å². The summed E-state index contributed by atoms with van der Waals surface area (Å²) in [4.78, 5) is 19.8. The zero-order valence-electron chi connectivity index (χ0n) is 19.1. The van der Waals surface area contributed by atoms with E-state index in [1.807, 2.05) is 5.38 Å². The zero-order valence-corrected chi connectivity index (χ0v) is 20.0. The molecule has 0 spiro atoms. The summed E-state index contributed by atoms with van der Waals surface area (Å²) in [6.45, 7) is 12.4. The number of carbonyl (C=O) groups is 1. The van der Waals surface area contributed by atoms with Gasteiger partial charge in [-0.1, -0.05) is 62.2 Å². The van der Waals surface area contributed by atoms with Crippen LogP contribution in [0, 0.1) is 30.6 Å². The van der Waals surface area contributed by atoms with Gasteiger partial charge in [0.05, 0.1) is 5.69 Å². The number of nitrogens with one attached hydrogen (secondary N) is 1. The maximum Gasteiger partial charge on any atom is 0.226 e. The molecule has 1 N–H and O–H groups in total. The number of thiazole rings is 1. The summed E-state index contributed by atoms with van der Waals surface area (Å²) >= 11 is 1.50. The summed E-state index contributed by atoms with van der Waals surface area (Å²) in [5, 5.41) is 5.73. The van der Waals surface area contributed by atoms with Gasteiger partial charge in [0.2, 0.25) is 5.91 Å². The van der Waals surface area contributed by atoms with Crippen molar-refractivity contribution in [2.24, 2.45) is 17.3 Å². The third-order valence-electron chi connectivity index (χ3n) is 6.53. The average Bonchev–Trinajstić information content (AvgIpc) is 3.45. The molecule has 165 valence electrons. The molecule has 1 atom stereocenters. The van der Waals surface area contributed by atoms with Gasteiger partial charge in [0.15, 0.2) is 5.13 Å². The minimum atomic E-state index is 0.0913. The SMILES string of the molecule is Cc1ccc(-c2csc(NC(=O)CC3CCN(CC(C4=C[CH]4)C(C)(C)C)CC3)n2)cc1. The Labute approximate surface area is 190 Å². The molecule has 1 fully saturated rings. The van der Waals surface area contributed by atoms with E-state index in [0.29, 0.717) is 28.8 Å². The van der Waals surface area contributed by atoms with Crippen molar-refractivity contribution >= 4 is 22.4 Å². The van der Waals surface area contributed by atoms with E-state index in [-0.39, 0.29) is 5.91 Å². The van der Waals surface area contributed by atoms with Gasteiger partial charge >= 0.3 is 0 Å². The summed E-state index contributed by atoms with van der Waals surface area (Å²) in [5.74, 6) is 1.17. The quantitative estimate of drug-likeness (QED) is 0.582. The molecule has 1 aliphatic heterocycles. The Morgan fingerprint density at radius 1 is 1.23 bits per heavy atom. The summed E-state index contributed by atoms with van der Waals surface area (Å²) in [6.07, 6.45) is 7.31. The smallest absolute Gasteiger partial charge is 0.226 e. The minimum absolute atomic E-state index is 0.0913. The monoisotopic (exact) mass is 436 g/mol. The molecule has 4 rings (SSSR count). The molecule has 2 aromatic rings. The highest BCUT2D eigenvalue weighted by Crippen LogP contribution is 2.40. The van der Waals surface area contributed by atoms with Crippen LogP contribution in [0.15, 0.2) is 41.3 Å². The van der Waals surface area contributed by atoms with E-state index < -0.39 is 0 Å². The molecule has 4 nitrogen and oxygen atoms in total. The Balaban J connectivity index is 1.23. The molecular formula is C26H34N3OS. The van der Waals surface area contributed by atoms with Crippen LogP contribution < -0.4 is 5.32 Å². The maximum absolute atomic E-state index is 12.6. The second-order valence-corrected chi connectivity index (χ2v) is 11.0. The number of carbonyl (C=O) groups excluding carboxylic acids is 1. The molecule has 5 heteroatoms. The van der Waals surface area contributed by atoms with Crippen LogP contribution in [-0.2, 0) is 4.79 Å². The highest BCUT2D eigenvalue weighted by Gasteiger charge is 2.34. The molecule has 1 aromatic heterocycles. The van der Waals surface area contributed by atoms with Crippen LogP contribution in [0.5, 0.6) is 0 Å². The van der Waals surface area contributed by atoms with Crippen LogP contribution >= 0.6 is 11.3 Å². The van der Waals surface area contributed by atoms with Crippen molar-refractivity contribution in [3.63, 3.8) is 0 Å². The van der Waals surface area contributed by atoms with Gasteiger partial charge in [-0.2, -0.15) is 0 Å². The third kappa shape index (κ3) is 6.05. The lowest BCUT2D eigenvalue weighted by Crippen LogP contribution is -2.40. The van der Waals surface area contributed by atoms with Gasteiger partial charge in [0, 0.05) is 30.3 Å². The van der Waals surface area contributed by atoms with Crippen molar-refractivity contribution in [1.82, 2.24) is 9.88 Å². The molecule has 1 aromatic carbocycles. The topological polar surface area (TPSA) is 45.2 Å². The largest absolute Gasteiger partial charge is 0.303 e. The number of hydrogen-bond acceptors (Lipinski definition) is 4. The average molecular weight is 437 g/mol. The fourth-order valence-corrected chi connectivity index (χ4v) is 5.15. The van der Waals surface area contributed by atoms with E-state index in [4.69, 9.17) is 0 Å². The van der Waals surface area contributed by atoms with Gasteiger partial charge in [0.1, 0.15) is 0 Å². The normalized spacial score (nSPS) is 18.5. The zero-order chi connectivity index (χ0) is 22.0. The van der Waals surface area contributed by atoms with Gasteiger partial charge in [-0.15, -0.1) is 11.3 Å². The first-order chi connectivity index (χ1) is 14.8. The van der Waals surface area contributed by atoms with E-state index in [9.17, 15) is 4.79 Å². The van der Waals surface area contributed by atoms with Crippen molar-refractivity contribution in [3.05, 3.63) is 53.3 Å². The predicted molar refractivity (Wildman–Crippen MR) is 130 cm³/mol. The lowest BCUT2D eigenvalue weighted by atomic mass is 9.78. The molecule has 31 heavy (non-hydrogen) atoms. The number of rotatable bonds is 7. The van der Waals surface area contributed by atoms with Gasteiger partial charge in [-0.25, -0.2) is 4.98 Å². The maximum atomic E-state index is 12.6. The van der Waals surface area contributed by atoms with Crippen LogP contribution in [0.25, 0.3) is 11.3 Å². The van der Waals surface area contributed by atoms with Crippen molar-refractivity contribution in [1.29, 1.82) is 0 Å². The van der Waals surface area contributed by atoms with Gasteiger partial charge < -0.3 is 10.2 Å². The molecule has 2 heterocycles. The van der Waals surface area contributed by atoms with Crippen molar-refractivity contribution in [3.8, 4) is 11.3 Å². The molecule has 1 unspecified atom stereocenters. The van der Waals surface area contributed by atoms with E-state index in [1.165, 1.54) is 22.5 Å². The van der Waals surface area contributed by atoms with E-state index >= 15 is 0 Å². The predicted octanol–water partition coefficient (Wildman–Crippen LogP) is 5.97. The second kappa shape index (κ2) is 9.25. The minimum Gasteiger partial charge on any atom is -0.303 e. The van der Waals surface area contributed by atoms with Crippen LogP contribution in [0.2, 0.25) is 0 Å². The first-order valence-corrected chi connectivity index (χ1v) is 12.3. The van der Waals surface area contributed by atoms with Crippen LogP contribution in [0.3, 0.4) is 0 Å². The summed E-state index contributed by atoms with van der Waals surface area (Å²) in [5.41, 5.74) is 5.05. The number of aryl methyl sites for hydroxylation is 1. The Hall–Kier alpha value is -1.98. The highest BCUT2D eigenvalue weighted by atomic mass is 32.1. The molecule has 2 aliphatic rings. The molecule has 0 saturated carbocycles. The van der Waals surface area contributed by atoms with Gasteiger partial charge in [-0.05, 0) is 50.1 Å². The van der Waals surface area contributed by atoms with Crippen LogP contribution in [-0.4, -0.2) is 35.4 Å². The van der Waals surface area contributed by atoms with Crippen LogP contribution in [0.1, 0.15) is 45.6 Å². The van der Waals surface area contributed by atoms with Crippen molar-refractivity contribution in [2.75, 3.05) is 25.0 Å². The summed E-state index contributed by atoms with van der Waals surface area (Å²) in [6, 6.07) is 8.32. The second-order valence-electron chi connectivity index (χ2n) is 10.2. The molecular weight excluding hydrogens is 402 g/mol. The Morgan fingerprint density at radius 3 is 2.52 bits per heavy atom. The summed E-state index contributed by atoms with van der Waals surface area (Å²) in [7, 11) is 0. The first kappa shape index (κ1) is 22.2. The number of amides is 1. The van der Waals surface area contributed by atoms with Gasteiger partial charge in [-0.3, -0.25) is 4.79 Å². The van der Waals surface area contributed by atoms with Gasteiger partial charge in [0.25, 0.3) is 0 Å². The Bertz CT molecular complexity index is 930. The molecule has 0 bridgehead atoms. The molecule has 1 radical (unpaired) electrons.